The Morgan fingerprint density at radius 1 is 1.00 bits per heavy atom. The van der Waals surface area contributed by atoms with Crippen LogP contribution in [0.2, 0.25) is 0 Å². The quantitative estimate of drug-likeness (QED) is 0.848. The van der Waals surface area contributed by atoms with Gasteiger partial charge in [-0.1, -0.05) is 37.3 Å². The number of rotatable bonds is 4. The van der Waals surface area contributed by atoms with Gasteiger partial charge in [-0.15, -0.1) is 0 Å². The minimum Gasteiger partial charge on any atom is -0.195 e. The molecule has 128 valence electrons. The molecule has 4 nitrogen and oxygen atoms in total. The van der Waals surface area contributed by atoms with E-state index in [-0.39, 0.29) is 0 Å². The van der Waals surface area contributed by atoms with Crippen LogP contribution >= 0.6 is 0 Å². The van der Waals surface area contributed by atoms with Gasteiger partial charge in [-0.25, -0.2) is 0 Å². The maximum atomic E-state index is 12.8. The maximum absolute atomic E-state index is 12.8. The van der Waals surface area contributed by atoms with Crippen molar-refractivity contribution in [2.45, 2.75) is 39.0 Å². The average molecular weight is 337 g/mol. The SMILES string of the molecule is CC1CCCN(S(=O)(=O)N2CCC(Cc3ccccc3)CC2)C1. The van der Waals surface area contributed by atoms with Crippen LogP contribution in [0.25, 0.3) is 0 Å². The van der Waals surface area contributed by atoms with Crippen LogP contribution < -0.4 is 0 Å². The van der Waals surface area contributed by atoms with Crippen LogP contribution in [0.5, 0.6) is 0 Å². The summed E-state index contributed by atoms with van der Waals surface area (Å²) in [5, 5.41) is 0. The van der Waals surface area contributed by atoms with E-state index >= 15 is 0 Å². The van der Waals surface area contributed by atoms with E-state index in [1.54, 1.807) is 8.61 Å². The summed E-state index contributed by atoms with van der Waals surface area (Å²) in [5.41, 5.74) is 1.36. The van der Waals surface area contributed by atoms with Crippen LogP contribution in [0.4, 0.5) is 0 Å². The molecule has 1 aromatic rings. The van der Waals surface area contributed by atoms with E-state index in [4.69, 9.17) is 0 Å². The molecule has 1 aromatic carbocycles. The average Bonchev–Trinajstić information content (AvgIpc) is 2.56. The summed E-state index contributed by atoms with van der Waals surface area (Å²) >= 11 is 0. The Balaban J connectivity index is 1.55. The van der Waals surface area contributed by atoms with Gasteiger partial charge in [-0.3, -0.25) is 0 Å². The standard InChI is InChI=1S/C18H28N2O2S/c1-16-6-5-11-20(15-16)23(21,22)19-12-9-18(10-13-19)14-17-7-3-2-4-8-17/h2-4,7-8,16,18H,5-6,9-15H2,1H3. The van der Waals surface area contributed by atoms with Crippen molar-refractivity contribution in [3.63, 3.8) is 0 Å². The lowest BCUT2D eigenvalue weighted by atomic mass is 9.91. The molecule has 2 saturated heterocycles. The van der Waals surface area contributed by atoms with Gasteiger partial charge < -0.3 is 0 Å². The van der Waals surface area contributed by atoms with E-state index in [0.29, 0.717) is 38.0 Å². The Hall–Kier alpha value is -0.910. The van der Waals surface area contributed by atoms with Gasteiger partial charge in [0.2, 0.25) is 0 Å². The molecule has 0 aliphatic carbocycles. The fraction of sp³-hybridized carbons (Fsp3) is 0.667. The third kappa shape index (κ3) is 4.14. The molecule has 0 radical (unpaired) electrons. The van der Waals surface area contributed by atoms with Crippen molar-refractivity contribution in [2.24, 2.45) is 11.8 Å². The summed E-state index contributed by atoms with van der Waals surface area (Å²) in [4.78, 5) is 0. The lowest BCUT2D eigenvalue weighted by Crippen LogP contribution is -2.50. The first-order valence-corrected chi connectivity index (χ1v) is 10.2. The van der Waals surface area contributed by atoms with Crippen LogP contribution in [-0.4, -0.2) is 43.2 Å². The van der Waals surface area contributed by atoms with E-state index in [9.17, 15) is 8.42 Å². The topological polar surface area (TPSA) is 40.6 Å². The summed E-state index contributed by atoms with van der Waals surface area (Å²) in [6.45, 7) is 4.87. The zero-order valence-corrected chi connectivity index (χ0v) is 14.8. The highest BCUT2D eigenvalue weighted by molar-refractivity contribution is 7.86. The first-order chi connectivity index (χ1) is 11.1. The normalized spacial score (nSPS) is 25.5. The highest BCUT2D eigenvalue weighted by Gasteiger charge is 2.34. The number of benzene rings is 1. The third-order valence-electron chi connectivity index (χ3n) is 5.21. The molecule has 2 heterocycles. The van der Waals surface area contributed by atoms with Gasteiger partial charge in [0.1, 0.15) is 0 Å². The Labute approximate surface area is 140 Å². The Kier molecular flexibility index (Phi) is 5.39. The Morgan fingerprint density at radius 2 is 1.70 bits per heavy atom. The van der Waals surface area contributed by atoms with E-state index in [0.717, 1.165) is 32.1 Å². The molecule has 3 rings (SSSR count). The van der Waals surface area contributed by atoms with Gasteiger partial charge in [0.25, 0.3) is 10.2 Å². The lowest BCUT2D eigenvalue weighted by Gasteiger charge is -2.37. The fourth-order valence-corrected chi connectivity index (χ4v) is 5.61. The smallest absolute Gasteiger partial charge is 0.195 e. The van der Waals surface area contributed by atoms with Crippen molar-refractivity contribution >= 4 is 10.2 Å². The molecule has 0 spiro atoms. The van der Waals surface area contributed by atoms with Crippen LogP contribution in [0.3, 0.4) is 0 Å². The van der Waals surface area contributed by atoms with E-state index < -0.39 is 10.2 Å². The van der Waals surface area contributed by atoms with Gasteiger partial charge in [-0.2, -0.15) is 17.0 Å². The molecule has 1 unspecified atom stereocenters. The number of hydrogen-bond acceptors (Lipinski definition) is 2. The zero-order chi connectivity index (χ0) is 16.3. The minimum atomic E-state index is -3.25. The highest BCUT2D eigenvalue weighted by Crippen LogP contribution is 2.26. The summed E-state index contributed by atoms with van der Waals surface area (Å²) in [5.74, 6) is 1.08. The molecular weight excluding hydrogens is 308 g/mol. The summed E-state index contributed by atoms with van der Waals surface area (Å²) in [6, 6.07) is 10.5. The van der Waals surface area contributed by atoms with Crippen LogP contribution in [0, 0.1) is 11.8 Å². The van der Waals surface area contributed by atoms with Crippen molar-refractivity contribution in [2.75, 3.05) is 26.2 Å². The van der Waals surface area contributed by atoms with Gasteiger partial charge in [0.15, 0.2) is 0 Å². The molecule has 1 atom stereocenters. The highest BCUT2D eigenvalue weighted by atomic mass is 32.2. The molecular formula is C18H28N2O2S. The van der Waals surface area contributed by atoms with Crippen LogP contribution in [-0.2, 0) is 16.6 Å². The molecule has 0 aromatic heterocycles. The molecule has 0 amide bonds. The molecule has 2 aliphatic heterocycles. The number of piperidine rings is 2. The Morgan fingerprint density at radius 3 is 2.35 bits per heavy atom. The van der Waals surface area contributed by atoms with Crippen LogP contribution in [0.1, 0.15) is 38.2 Å². The predicted octanol–water partition coefficient (Wildman–Crippen LogP) is 2.92. The van der Waals surface area contributed by atoms with Gasteiger partial charge in [0, 0.05) is 26.2 Å². The first kappa shape index (κ1) is 16.9. The second-order valence-electron chi connectivity index (χ2n) is 7.15. The van der Waals surface area contributed by atoms with Crippen molar-refractivity contribution in [1.29, 1.82) is 0 Å². The molecule has 2 aliphatic rings. The van der Waals surface area contributed by atoms with Crippen molar-refractivity contribution < 1.29 is 8.42 Å². The van der Waals surface area contributed by atoms with Gasteiger partial charge in [0.05, 0.1) is 0 Å². The van der Waals surface area contributed by atoms with Crippen LogP contribution in [0.15, 0.2) is 30.3 Å². The Bertz CT molecular complexity index is 595. The fourth-order valence-electron chi connectivity index (χ4n) is 3.81. The predicted molar refractivity (Wildman–Crippen MR) is 93.3 cm³/mol. The second-order valence-corrected chi connectivity index (χ2v) is 9.07. The first-order valence-electron chi connectivity index (χ1n) is 8.85. The monoisotopic (exact) mass is 336 g/mol. The number of hydrogen-bond donors (Lipinski definition) is 0. The molecule has 0 N–H and O–H groups in total. The maximum Gasteiger partial charge on any atom is 0.281 e. The molecule has 0 saturated carbocycles. The zero-order valence-electron chi connectivity index (χ0n) is 14.0. The third-order valence-corrected chi connectivity index (χ3v) is 7.21. The van der Waals surface area contributed by atoms with Gasteiger partial charge in [-0.05, 0) is 49.5 Å². The summed E-state index contributed by atoms with van der Waals surface area (Å²) in [6.07, 6.45) is 5.14. The van der Waals surface area contributed by atoms with Crippen molar-refractivity contribution in [1.82, 2.24) is 8.61 Å². The van der Waals surface area contributed by atoms with Crippen molar-refractivity contribution in [3.8, 4) is 0 Å². The second kappa shape index (κ2) is 7.32. The molecule has 0 bridgehead atoms. The summed E-state index contributed by atoms with van der Waals surface area (Å²) < 4.78 is 29.0. The van der Waals surface area contributed by atoms with E-state index in [1.165, 1.54) is 5.56 Å². The number of nitrogens with zero attached hydrogens (tertiary/aromatic N) is 2. The van der Waals surface area contributed by atoms with Crippen molar-refractivity contribution in [3.05, 3.63) is 35.9 Å². The molecule has 5 heteroatoms. The minimum absolute atomic E-state index is 0.481. The lowest BCUT2D eigenvalue weighted by molar-refractivity contribution is 0.227. The van der Waals surface area contributed by atoms with E-state index in [2.05, 4.69) is 31.2 Å². The molecule has 23 heavy (non-hydrogen) atoms. The van der Waals surface area contributed by atoms with E-state index in [1.807, 2.05) is 6.07 Å². The largest absolute Gasteiger partial charge is 0.281 e. The van der Waals surface area contributed by atoms with Gasteiger partial charge >= 0.3 is 0 Å². The summed E-state index contributed by atoms with van der Waals surface area (Å²) in [7, 11) is -3.25. The molecule has 2 fully saturated rings.